The highest BCUT2D eigenvalue weighted by atomic mass is 16.6. The van der Waals surface area contributed by atoms with Crippen molar-refractivity contribution in [3.8, 4) is 11.1 Å². The van der Waals surface area contributed by atoms with Gasteiger partial charge in [-0.3, -0.25) is 9.88 Å². The Kier molecular flexibility index (Phi) is 4.73. The third-order valence-corrected chi connectivity index (χ3v) is 7.94. The molecule has 1 saturated heterocycles. The van der Waals surface area contributed by atoms with Crippen LogP contribution < -0.4 is 0 Å². The van der Waals surface area contributed by atoms with Crippen LogP contribution in [0.1, 0.15) is 41.9 Å². The van der Waals surface area contributed by atoms with E-state index in [1.807, 2.05) is 17.2 Å². The van der Waals surface area contributed by atoms with Crippen LogP contribution >= 0.6 is 0 Å². The lowest BCUT2D eigenvalue weighted by Crippen LogP contribution is -2.43. The lowest BCUT2D eigenvalue weighted by molar-refractivity contribution is 0.0867. The minimum Gasteiger partial charge on any atom is -0.448 e. The van der Waals surface area contributed by atoms with Crippen molar-refractivity contribution in [2.75, 3.05) is 6.61 Å². The van der Waals surface area contributed by atoms with Crippen LogP contribution in [-0.2, 0) is 4.74 Å². The van der Waals surface area contributed by atoms with E-state index < -0.39 is 0 Å². The lowest BCUT2D eigenvalue weighted by atomic mass is 9.93. The second-order valence-corrected chi connectivity index (χ2v) is 9.78. The summed E-state index contributed by atoms with van der Waals surface area (Å²) in [5.41, 5.74) is 8.55. The Hall–Kier alpha value is -3.92. The highest BCUT2D eigenvalue weighted by molar-refractivity contribution is 5.92. The molecule has 35 heavy (non-hydrogen) atoms. The van der Waals surface area contributed by atoms with E-state index in [2.05, 4.69) is 83.9 Å². The van der Waals surface area contributed by atoms with Gasteiger partial charge < -0.3 is 4.74 Å². The topological polar surface area (TPSA) is 42.4 Å². The van der Waals surface area contributed by atoms with Gasteiger partial charge in [-0.25, -0.2) is 4.79 Å². The summed E-state index contributed by atoms with van der Waals surface area (Å²) in [6, 6.07) is 27.6. The van der Waals surface area contributed by atoms with Crippen LogP contribution in [0, 0.1) is 0 Å². The molecule has 1 aromatic heterocycles. The summed E-state index contributed by atoms with van der Waals surface area (Å²) >= 11 is 0. The summed E-state index contributed by atoms with van der Waals surface area (Å²) < 4.78 is 6.02. The third-order valence-electron chi connectivity index (χ3n) is 7.94. The van der Waals surface area contributed by atoms with Gasteiger partial charge in [0.2, 0.25) is 0 Å². The van der Waals surface area contributed by atoms with Gasteiger partial charge in [0.1, 0.15) is 6.61 Å². The molecule has 3 heterocycles. The van der Waals surface area contributed by atoms with Gasteiger partial charge in [-0.05, 0) is 64.8 Å². The van der Waals surface area contributed by atoms with Crippen LogP contribution in [0.15, 0.2) is 91.1 Å². The first-order chi connectivity index (χ1) is 17.3. The number of para-hydroxylation sites is 1. The largest absolute Gasteiger partial charge is 0.448 e. The number of pyridine rings is 1. The van der Waals surface area contributed by atoms with E-state index in [4.69, 9.17) is 4.74 Å². The number of hydrogen-bond donors (Lipinski definition) is 0. The summed E-state index contributed by atoms with van der Waals surface area (Å²) in [7, 11) is 0. The number of aromatic nitrogens is 1. The second kappa shape index (κ2) is 8.09. The normalized spacial score (nSPS) is 20.5. The maximum atomic E-state index is 13.4. The van der Waals surface area contributed by atoms with Gasteiger partial charge in [0.15, 0.2) is 0 Å². The van der Waals surface area contributed by atoms with E-state index in [0.717, 1.165) is 24.8 Å². The van der Waals surface area contributed by atoms with Gasteiger partial charge >= 0.3 is 6.09 Å². The highest BCUT2D eigenvalue weighted by Crippen LogP contribution is 2.45. The fourth-order valence-corrected chi connectivity index (χ4v) is 6.36. The molecule has 2 aliphatic heterocycles. The molecular formula is C31H26N2O2. The zero-order chi connectivity index (χ0) is 23.4. The first kappa shape index (κ1) is 20.5. The molecule has 4 aromatic rings. The summed E-state index contributed by atoms with van der Waals surface area (Å²) in [4.78, 5) is 19.9. The van der Waals surface area contributed by atoms with Gasteiger partial charge in [-0.1, -0.05) is 72.8 Å². The molecule has 0 N–H and O–H groups in total. The molecule has 4 heteroatoms. The van der Waals surface area contributed by atoms with E-state index in [1.54, 1.807) is 0 Å². The first-order valence-electron chi connectivity index (χ1n) is 12.5. The van der Waals surface area contributed by atoms with E-state index in [9.17, 15) is 4.79 Å². The minimum absolute atomic E-state index is 0.0862. The lowest BCUT2D eigenvalue weighted by Gasteiger charge is -2.34. The summed E-state index contributed by atoms with van der Waals surface area (Å²) in [5, 5.41) is 1.18. The Balaban J connectivity index is 1.13. The predicted molar refractivity (Wildman–Crippen MR) is 138 cm³/mol. The molecule has 0 saturated carbocycles. The molecule has 3 aromatic carbocycles. The number of nitrogens with zero attached hydrogens (tertiary/aromatic N) is 2. The Labute approximate surface area is 204 Å². The maximum absolute atomic E-state index is 13.4. The van der Waals surface area contributed by atoms with Crippen molar-refractivity contribution in [1.29, 1.82) is 0 Å². The Morgan fingerprint density at radius 3 is 2.34 bits per heavy atom. The van der Waals surface area contributed by atoms with E-state index in [0.29, 0.717) is 6.61 Å². The molecule has 1 aliphatic carbocycles. The van der Waals surface area contributed by atoms with Crippen LogP contribution in [0.3, 0.4) is 0 Å². The first-order valence-corrected chi connectivity index (χ1v) is 12.5. The van der Waals surface area contributed by atoms with Crippen molar-refractivity contribution in [1.82, 2.24) is 9.88 Å². The molecule has 2 unspecified atom stereocenters. The van der Waals surface area contributed by atoms with Crippen LogP contribution in [0.25, 0.3) is 27.6 Å². The number of fused-ring (bicyclic) bond motifs is 6. The number of carbonyl (C=O) groups is 1. The smallest absolute Gasteiger partial charge is 0.410 e. The standard InChI is InChI=1S/C31H26N2O2/c34-31(35-19-29-26-9-3-1-7-24(26)25-8-2-4-10-27(25)29)33-21-13-14-22(33)18-20(17-21)23-15-16-32-30-12-6-5-11-28(23)30/h1-12,15-17,21-22,29H,13-14,18-19H2. The quantitative estimate of drug-likeness (QED) is 0.339. The molecule has 1 fully saturated rings. The fraction of sp³-hybridized carbons (Fsp3) is 0.226. The molecule has 2 bridgehead atoms. The predicted octanol–water partition coefficient (Wildman–Crippen LogP) is 6.80. The van der Waals surface area contributed by atoms with E-state index in [1.165, 1.54) is 38.8 Å². The zero-order valence-corrected chi connectivity index (χ0v) is 19.4. The molecule has 0 radical (unpaired) electrons. The molecule has 3 aliphatic rings. The van der Waals surface area contributed by atoms with Gasteiger partial charge in [-0.15, -0.1) is 0 Å². The van der Waals surface area contributed by atoms with Crippen LogP contribution in [0.4, 0.5) is 4.79 Å². The molecular weight excluding hydrogens is 432 g/mol. The Morgan fingerprint density at radius 1 is 0.857 bits per heavy atom. The molecule has 0 spiro atoms. The molecule has 172 valence electrons. The highest BCUT2D eigenvalue weighted by Gasteiger charge is 2.41. The molecule has 7 rings (SSSR count). The van der Waals surface area contributed by atoms with Crippen molar-refractivity contribution in [3.05, 3.63) is 108 Å². The number of amides is 1. The van der Waals surface area contributed by atoms with Crippen LogP contribution in [-0.4, -0.2) is 34.7 Å². The molecule has 1 amide bonds. The number of carbonyl (C=O) groups excluding carboxylic acids is 1. The number of benzene rings is 3. The van der Waals surface area contributed by atoms with Crippen molar-refractivity contribution >= 4 is 22.6 Å². The van der Waals surface area contributed by atoms with E-state index >= 15 is 0 Å². The van der Waals surface area contributed by atoms with Crippen molar-refractivity contribution < 1.29 is 9.53 Å². The fourth-order valence-electron chi connectivity index (χ4n) is 6.36. The van der Waals surface area contributed by atoms with Crippen LogP contribution in [0.5, 0.6) is 0 Å². The van der Waals surface area contributed by atoms with Crippen molar-refractivity contribution in [2.45, 2.75) is 37.3 Å². The monoisotopic (exact) mass is 458 g/mol. The number of hydrogen-bond acceptors (Lipinski definition) is 3. The van der Waals surface area contributed by atoms with Gasteiger partial charge in [0.05, 0.1) is 11.6 Å². The second-order valence-electron chi connectivity index (χ2n) is 9.78. The average Bonchev–Trinajstić information content (AvgIpc) is 3.37. The minimum atomic E-state index is -0.186. The zero-order valence-electron chi connectivity index (χ0n) is 19.4. The summed E-state index contributed by atoms with van der Waals surface area (Å²) in [5.74, 6) is 0.0862. The average molecular weight is 459 g/mol. The van der Waals surface area contributed by atoms with Crippen molar-refractivity contribution in [2.24, 2.45) is 0 Å². The van der Waals surface area contributed by atoms with Crippen molar-refractivity contribution in [3.63, 3.8) is 0 Å². The Morgan fingerprint density at radius 2 is 1.57 bits per heavy atom. The summed E-state index contributed by atoms with van der Waals surface area (Å²) in [6.45, 7) is 0.369. The van der Waals surface area contributed by atoms with Gasteiger partial charge in [0.25, 0.3) is 0 Å². The summed E-state index contributed by atoms with van der Waals surface area (Å²) in [6.07, 6.45) is 6.84. The molecule has 2 atom stereocenters. The maximum Gasteiger partial charge on any atom is 0.410 e. The van der Waals surface area contributed by atoms with E-state index in [-0.39, 0.29) is 24.1 Å². The molecule has 4 nitrogen and oxygen atoms in total. The van der Waals surface area contributed by atoms with Gasteiger partial charge in [-0.2, -0.15) is 0 Å². The Bertz CT molecular complexity index is 1440. The number of rotatable bonds is 3. The van der Waals surface area contributed by atoms with Crippen LogP contribution in [0.2, 0.25) is 0 Å². The third kappa shape index (κ3) is 3.28. The van der Waals surface area contributed by atoms with Gasteiger partial charge in [0, 0.05) is 23.5 Å². The number of ether oxygens (including phenoxy) is 1. The SMILES string of the molecule is O=C(OCC1c2ccccc2-c2ccccc21)N1C2C=C(c3ccnc4ccccc34)CC1CC2.